The number of hydrogen-bond acceptors (Lipinski definition) is 5. The summed E-state index contributed by atoms with van der Waals surface area (Å²) in [4.78, 5) is 4.35. The lowest BCUT2D eigenvalue weighted by atomic mass is 10.1. The molecule has 0 saturated carbocycles. The highest BCUT2D eigenvalue weighted by molar-refractivity contribution is 7.09. The van der Waals surface area contributed by atoms with Crippen LogP contribution in [0.2, 0.25) is 0 Å². The first-order valence-corrected chi connectivity index (χ1v) is 6.85. The van der Waals surface area contributed by atoms with Crippen LogP contribution in [0.4, 0.5) is 9.52 Å². The average Bonchev–Trinajstić information content (AvgIpc) is 2.87. The fraction of sp³-hybridized carbons (Fsp3) is 0.385. The number of hydrogen-bond donors (Lipinski definition) is 1. The van der Waals surface area contributed by atoms with Gasteiger partial charge in [-0.2, -0.15) is 4.37 Å². The lowest BCUT2D eigenvalue weighted by Gasteiger charge is -2.02. The SMILES string of the molecule is COCCc1nsc(NCCc2ccc(F)cc2)n1. The largest absolute Gasteiger partial charge is 0.384 e. The summed E-state index contributed by atoms with van der Waals surface area (Å²) in [6.07, 6.45) is 1.56. The van der Waals surface area contributed by atoms with E-state index in [2.05, 4.69) is 14.7 Å². The monoisotopic (exact) mass is 281 g/mol. The van der Waals surface area contributed by atoms with Gasteiger partial charge in [0.15, 0.2) is 0 Å². The van der Waals surface area contributed by atoms with Crippen LogP contribution in [0.3, 0.4) is 0 Å². The summed E-state index contributed by atoms with van der Waals surface area (Å²) in [5.74, 6) is 0.597. The first kappa shape index (κ1) is 13.9. The molecular formula is C13H16FN3OS. The lowest BCUT2D eigenvalue weighted by Crippen LogP contribution is -2.05. The first-order chi connectivity index (χ1) is 9.28. The highest BCUT2D eigenvalue weighted by atomic mass is 32.1. The molecule has 0 bridgehead atoms. The van der Waals surface area contributed by atoms with Crippen LogP contribution in [0.5, 0.6) is 0 Å². The smallest absolute Gasteiger partial charge is 0.202 e. The number of nitrogens with zero attached hydrogens (tertiary/aromatic N) is 2. The molecule has 0 unspecified atom stereocenters. The van der Waals surface area contributed by atoms with E-state index in [1.54, 1.807) is 19.2 Å². The minimum atomic E-state index is -0.205. The molecule has 0 spiro atoms. The van der Waals surface area contributed by atoms with Gasteiger partial charge in [0.05, 0.1) is 6.61 Å². The van der Waals surface area contributed by atoms with Gasteiger partial charge in [0.25, 0.3) is 0 Å². The zero-order valence-electron chi connectivity index (χ0n) is 10.7. The summed E-state index contributed by atoms with van der Waals surface area (Å²) in [6, 6.07) is 6.54. The van der Waals surface area contributed by atoms with Gasteiger partial charge in [-0.1, -0.05) is 12.1 Å². The van der Waals surface area contributed by atoms with E-state index >= 15 is 0 Å². The van der Waals surface area contributed by atoms with Crippen molar-refractivity contribution in [3.05, 3.63) is 41.5 Å². The third kappa shape index (κ3) is 4.57. The van der Waals surface area contributed by atoms with Crippen molar-refractivity contribution in [2.75, 3.05) is 25.6 Å². The Kier molecular flexibility index (Phi) is 5.23. The molecule has 0 radical (unpaired) electrons. The van der Waals surface area contributed by atoms with Gasteiger partial charge in [-0.05, 0) is 24.1 Å². The second-order valence-corrected chi connectivity index (χ2v) is 4.81. The van der Waals surface area contributed by atoms with Gasteiger partial charge in [-0.15, -0.1) is 0 Å². The summed E-state index contributed by atoms with van der Waals surface area (Å²) >= 11 is 1.35. The number of rotatable bonds is 7. The van der Waals surface area contributed by atoms with Crippen LogP contribution in [-0.4, -0.2) is 29.6 Å². The Morgan fingerprint density at radius 2 is 2.05 bits per heavy atom. The maximum atomic E-state index is 12.7. The summed E-state index contributed by atoms with van der Waals surface area (Å²) in [5, 5.41) is 4.03. The second kappa shape index (κ2) is 7.16. The number of ether oxygens (including phenoxy) is 1. The van der Waals surface area contributed by atoms with Crippen molar-refractivity contribution in [2.45, 2.75) is 12.8 Å². The van der Waals surface area contributed by atoms with Crippen LogP contribution in [0.1, 0.15) is 11.4 Å². The fourth-order valence-corrected chi connectivity index (χ4v) is 2.22. The standard InChI is InChI=1S/C13H16FN3OS/c1-18-9-7-12-16-13(19-17-12)15-8-6-10-2-4-11(14)5-3-10/h2-5H,6-9H2,1H3,(H,15,16,17). The van der Waals surface area contributed by atoms with Crippen LogP contribution in [0, 0.1) is 5.82 Å². The van der Waals surface area contributed by atoms with Gasteiger partial charge in [0.1, 0.15) is 11.6 Å². The molecule has 0 aliphatic heterocycles. The Morgan fingerprint density at radius 3 is 2.79 bits per heavy atom. The van der Waals surface area contributed by atoms with Gasteiger partial charge >= 0.3 is 0 Å². The summed E-state index contributed by atoms with van der Waals surface area (Å²) in [6.45, 7) is 1.39. The molecule has 2 rings (SSSR count). The maximum Gasteiger partial charge on any atom is 0.202 e. The molecule has 1 aromatic carbocycles. The molecular weight excluding hydrogens is 265 g/mol. The first-order valence-electron chi connectivity index (χ1n) is 6.08. The zero-order valence-corrected chi connectivity index (χ0v) is 11.5. The number of methoxy groups -OCH3 is 1. The van der Waals surface area contributed by atoms with Crippen LogP contribution in [0.15, 0.2) is 24.3 Å². The molecule has 4 nitrogen and oxygen atoms in total. The van der Waals surface area contributed by atoms with E-state index < -0.39 is 0 Å². The van der Waals surface area contributed by atoms with Crippen LogP contribution >= 0.6 is 11.5 Å². The van der Waals surface area contributed by atoms with E-state index in [1.807, 2.05) is 0 Å². The van der Waals surface area contributed by atoms with Crippen molar-refractivity contribution >= 4 is 16.7 Å². The summed E-state index contributed by atoms with van der Waals surface area (Å²) in [5.41, 5.74) is 1.10. The van der Waals surface area contributed by atoms with Gasteiger partial charge < -0.3 is 10.1 Å². The van der Waals surface area contributed by atoms with Gasteiger partial charge in [-0.3, -0.25) is 0 Å². The lowest BCUT2D eigenvalue weighted by molar-refractivity contribution is 0.201. The number of aromatic nitrogens is 2. The van der Waals surface area contributed by atoms with Crippen LogP contribution in [0.25, 0.3) is 0 Å². The van der Waals surface area contributed by atoms with E-state index in [4.69, 9.17) is 4.74 Å². The quantitative estimate of drug-likeness (QED) is 0.847. The van der Waals surface area contributed by atoms with E-state index in [1.165, 1.54) is 23.7 Å². The molecule has 1 heterocycles. The van der Waals surface area contributed by atoms with Crippen LogP contribution in [-0.2, 0) is 17.6 Å². The molecule has 1 N–H and O–H groups in total. The predicted octanol–water partition coefficient (Wildman–Crippen LogP) is 2.52. The van der Waals surface area contributed by atoms with E-state index in [0.29, 0.717) is 6.61 Å². The molecule has 0 aliphatic carbocycles. The Hall–Kier alpha value is -1.53. The molecule has 19 heavy (non-hydrogen) atoms. The second-order valence-electron chi connectivity index (χ2n) is 4.06. The van der Waals surface area contributed by atoms with Crippen molar-refractivity contribution < 1.29 is 9.13 Å². The normalized spacial score (nSPS) is 10.6. The van der Waals surface area contributed by atoms with Gasteiger partial charge in [0, 0.05) is 31.6 Å². The molecule has 0 aliphatic rings. The third-order valence-corrected chi connectivity index (χ3v) is 3.31. The van der Waals surface area contributed by atoms with E-state index in [9.17, 15) is 4.39 Å². The van der Waals surface area contributed by atoms with Gasteiger partial charge in [0.2, 0.25) is 5.13 Å². The number of nitrogens with one attached hydrogen (secondary N) is 1. The number of halogens is 1. The van der Waals surface area contributed by atoms with Gasteiger partial charge in [-0.25, -0.2) is 9.37 Å². The van der Waals surface area contributed by atoms with Crippen molar-refractivity contribution in [3.63, 3.8) is 0 Å². The molecule has 102 valence electrons. The number of benzene rings is 1. The summed E-state index contributed by atoms with van der Waals surface area (Å²) < 4.78 is 21.9. The topological polar surface area (TPSA) is 47.0 Å². The molecule has 1 aromatic heterocycles. The molecule has 6 heteroatoms. The molecule has 0 atom stereocenters. The van der Waals surface area contributed by atoms with E-state index in [0.717, 1.165) is 35.9 Å². The minimum Gasteiger partial charge on any atom is -0.384 e. The van der Waals surface area contributed by atoms with Crippen molar-refractivity contribution in [3.8, 4) is 0 Å². The maximum absolute atomic E-state index is 12.7. The van der Waals surface area contributed by atoms with Crippen molar-refractivity contribution in [1.29, 1.82) is 0 Å². The highest BCUT2D eigenvalue weighted by Crippen LogP contribution is 2.11. The molecule has 0 saturated heterocycles. The third-order valence-electron chi connectivity index (χ3n) is 2.60. The Morgan fingerprint density at radius 1 is 1.26 bits per heavy atom. The Labute approximate surface area is 115 Å². The van der Waals surface area contributed by atoms with E-state index in [-0.39, 0.29) is 5.82 Å². The molecule has 0 amide bonds. The molecule has 0 fully saturated rings. The average molecular weight is 281 g/mol. The molecule has 2 aromatic rings. The summed E-state index contributed by atoms with van der Waals surface area (Å²) in [7, 11) is 1.66. The Bertz CT molecular complexity index is 501. The predicted molar refractivity (Wildman–Crippen MR) is 74.1 cm³/mol. The van der Waals surface area contributed by atoms with Crippen molar-refractivity contribution in [1.82, 2.24) is 9.36 Å². The van der Waals surface area contributed by atoms with Crippen LogP contribution < -0.4 is 5.32 Å². The van der Waals surface area contributed by atoms with Crippen molar-refractivity contribution in [2.24, 2.45) is 0 Å². The minimum absolute atomic E-state index is 0.205. The Balaban J connectivity index is 1.76. The highest BCUT2D eigenvalue weighted by Gasteiger charge is 2.03. The zero-order chi connectivity index (χ0) is 13.5. The fourth-order valence-electron chi connectivity index (χ4n) is 1.59. The number of anilines is 1.